The van der Waals surface area contributed by atoms with E-state index in [1.54, 1.807) is 11.3 Å². The van der Waals surface area contributed by atoms with E-state index >= 15 is 0 Å². The molecule has 0 aliphatic carbocycles. The van der Waals surface area contributed by atoms with Gasteiger partial charge in [0.15, 0.2) is 0 Å². The van der Waals surface area contributed by atoms with Crippen molar-refractivity contribution in [3.8, 4) is 5.75 Å². The van der Waals surface area contributed by atoms with Gasteiger partial charge in [-0.15, -0.1) is 11.3 Å². The van der Waals surface area contributed by atoms with Crippen molar-refractivity contribution in [2.75, 3.05) is 13.1 Å². The van der Waals surface area contributed by atoms with Gasteiger partial charge in [0.25, 0.3) is 0 Å². The predicted octanol–water partition coefficient (Wildman–Crippen LogP) is 4.49. The lowest BCUT2D eigenvalue weighted by molar-refractivity contribution is -0.152. The molecule has 5 heteroatoms. The van der Waals surface area contributed by atoms with Crippen LogP contribution in [0.2, 0.25) is 0 Å². The molecule has 1 saturated heterocycles. The van der Waals surface area contributed by atoms with Gasteiger partial charge in [-0.3, -0.25) is 0 Å². The number of benzene rings is 1. The Morgan fingerprint density at radius 3 is 2.69 bits per heavy atom. The number of likely N-dealkylation sites (tertiary alicyclic amines) is 1. The Labute approximate surface area is 159 Å². The van der Waals surface area contributed by atoms with Gasteiger partial charge in [-0.05, 0) is 31.4 Å². The maximum atomic E-state index is 6.66. The van der Waals surface area contributed by atoms with E-state index in [0.29, 0.717) is 12.1 Å². The van der Waals surface area contributed by atoms with Crippen molar-refractivity contribution in [3.63, 3.8) is 0 Å². The van der Waals surface area contributed by atoms with Crippen molar-refractivity contribution in [2.45, 2.75) is 50.9 Å². The second-order valence-electron chi connectivity index (χ2n) is 7.80. The van der Waals surface area contributed by atoms with Gasteiger partial charge < -0.3 is 9.64 Å². The van der Waals surface area contributed by atoms with Crippen LogP contribution >= 0.6 is 11.3 Å². The summed E-state index contributed by atoms with van der Waals surface area (Å²) in [5, 5.41) is 9.56. The van der Waals surface area contributed by atoms with Crippen LogP contribution in [0.15, 0.2) is 46.9 Å². The quantitative estimate of drug-likeness (QED) is 0.783. The number of nitrogens with zero attached hydrogens (tertiary/aromatic N) is 3. The molecule has 0 radical (unpaired) electrons. The molecule has 3 aliphatic rings. The number of hydrogen-bond donors (Lipinski definition) is 0. The van der Waals surface area contributed by atoms with Gasteiger partial charge in [0, 0.05) is 44.0 Å². The number of fused-ring (bicyclic) bond motifs is 4. The van der Waals surface area contributed by atoms with Crippen molar-refractivity contribution >= 4 is 17.0 Å². The molecule has 1 aromatic heterocycles. The molecule has 1 aromatic carbocycles. The molecule has 0 N–H and O–H groups in total. The van der Waals surface area contributed by atoms with Gasteiger partial charge in [0.2, 0.25) is 5.72 Å². The van der Waals surface area contributed by atoms with Gasteiger partial charge in [0.1, 0.15) is 5.75 Å². The van der Waals surface area contributed by atoms with E-state index in [1.807, 2.05) is 0 Å². The lowest BCUT2D eigenvalue weighted by Crippen LogP contribution is -2.59. The van der Waals surface area contributed by atoms with Gasteiger partial charge in [-0.2, -0.15) is 5.10 Å². The van der Waals surface area contributed by atoms with E-state index in [1.165, 1.54) is 16.2 Å². The second kappa shape index (κ2) is 6.10. The Bertz CT molecular complexity index is 822. The first-order valence-corrected chi connectivity index (χ1v) is 10.5. The third kappa shape index (κ3) is 2.48. The fourth-order valence-corrected chi connectivity index (χ4v) is 5.26. The number of hydrogen-bond acceptors (Lipinski definition) is 5. The topological polar surface area (TPSA) is 28.1 Å². The molecule has 136 valence electrons. The van der Waals surface area contributed by atoms with E-state index in [2.05, 4.69) is 65.5 Å². The van der Waals surface area contributed by atoms with E-state index in [-0.39, 0.29) is 5.72 Å². The average molecular weight is 368 g/mol. The summed E-state index contributed by atoms with van der Waals surface area (Å²) in [5.41, 5.74) is 2.18. The fraction of sp³-hybridized carbons (Fsp3) is 0.476. The third-order valence-corrected chi connectivity index (χ3v) is 6.94. The monoisotopic (exact) mass is 367 g/mol. The molecule has 2 aromatic rings. The highest BCUT2D eigenvalue weighted by Gasteiger charge is 2.51. The SMILES string of the molecule is CC(C)N1CCC2(CC1)Oc1ccccc1[C@@H]1CC(c3cccs3)=NN12. The van der Waals surface area contributed by atoms with Crippen LogP contribution in [0, 0.1) is 0 Å². The van der Waals surface area contributed by atoms with Crippen LogP contribution in [0.5, 0.6) is 5.75 Å². The van der Waals surface area contributed by atoms with Gasteiger partial charge in [-0.25, -0.2) is 5.01 Å². The minimum Gasteiger partial charge on any atom is -0.466 e. The lowest BCUT2D eigenvalue weighted by atomic mass is 9.91. The molecule has 5 rings (SSSR count). The molecule has 4 nitrogen and oxygen atoms in total. The zero-order valence-corrected chi connectivity index (χ0v) is 16.2. The largest absolute Gasteiger partial charge is 0.466 e. The highest BCUT2D eigenvalue weighted by Crippen LogP contribution is 2.50. The summed E-state index contributed by atoms with van der Waals surface area (Å²) in [6.07, 6.45) is 2.96. The number of rotatable bonds is 2. The van der Waals surface area contributed by atoms with Crippen molar-refractivity contribution in [1.82, 2.24) is 9.91 Å². The molecule has 26 heavy (non-hydrogen) atoms. The summed E-state index contributed by atoms with van der Waals surface area (Å²) in [7, 11) is 0. The number of para-hydroxylation sites is 1. The number of piperidine rings is 1. The van der Waals surface area contributed by atoms with Gasteiger partial charge in [0.05, 0.1) is 16.6 Å². The van der Waals surface area contributed by atoms with Crippen LogP contribution in [-0.2, 0) is 0 Å². The average Bonchev–Trinajstić information content (AvgIpc) is 3.32. The van der Waals surface area contributed by atoms with E-state index in [9.17, 15) is 0 Å². The van der Waals surface area contributed by atoms with Crippen LogP contribution < -0.4 is 4.74 Å². The standard InChI is InChI=1S/C21H25N3OS/c1-15(2)23-11-9-21(10-12-23)24-18(16-6-3-4-7-19(16)25-21)14-17(22-24)20-8-5-13-26-20/h3-8,13,15,18H,9-12,14H2,1-2H3/t18-/m0/s1. The van der Waals surface area contributed by atoms with Crippen molar-refractivity contribution < 1.29 is 4.74 Å². The first kappa shape index (κ1) is 16.3. The van der Waals surface area contributed by atoms with Gasteiger partial charge >= 0.3 is 0 Å². The van der Waals surface area contributed by atoms with Crippen molar-refractivity contribution in [1.29, 1.82) is 0 Å². The molecule has 0 saturated carbocycles. The minimum absolute atomic E-state index is 0.294. The zero-order valence-electron chi connectivity index (χ0n) is 15.4. The maximum Gasteiger partial charge on any atom is 0.200 e. The van der Waals surface area contributed by atoms with Crippen molar-refractivity contribution in [2.24, 2.45) is 5.10 Å². The summed E-state index contributed by atoms with van der Waals surface area (Å²) >= 11 is 1.78. The first-order chi connectivity index (χ1) is 12.7. The van der Waals surface area contributed by atoms with Gasteiger partial charge in [-0.1, -0.05) is 24.3 Å². The molecule has 0 amide bonds. The molecule has 0 unspecified atom stereocenters. The molecule has 3 aliphatic heterocycles. The number of ether oxygens (including phenoxy) is 1. The summed E-state index contributed by atoms with van der Waals surface area (Å²) in [6.45, 7) is 6.68. The van der Waals surface area contributed by atoms with Crippen molar-refractivity contribution in [3.05, 3.63) is 52.2 Å². The Kier molecular flexibility index (Phi) is 3.83. The summed E-state index contributed by atoms with van der Waals surface area (Å²) in [4.78, 5) is 3.83. The molecular formula is C21H25N3OS. The molecule has 4 heterocycles. The Morgan fingerprint density at radius 2 is 1.96 bits per heavy atom. The molecule has 1 spiro atoms. The summed E-state index contributed by atoms with van der Waals surface area (Å²) in [5.74, 6) is 1.05. The second-order valence-corrected chi connectivity index (χ2v) is 8.75. The lowest BCUT2D eigenvalue weighted by Gasteiger charge is -2.51. The highest BCUT2D eigenvalue weighted by atomic mass is 32.1. The van der Waals surface area contributed by atoms with E-state index in [0.717, 1.165) is 38.1 Å². The smallest absolute Gasteiger partial charge is 0.200 e. The Hall–Kier alpha value is -1.85. The molecule has 0 bridgehead atoms. The normalized spacial score (nSPS) is 24.3. The predicted molar refractivity (Wildman–Crippen MR) is 106 cm³/mol. The van der Waals surface area contributed by atoms with Crippen LogP contribution in [0.4, 0.5) is 0 Å². The third-order valence-electron chi connectivity index (χ3n) is 6.02. The number of hydrazone groups is 1. The Morgan fingerprint density at radius 1 is 1.15 bits per heavy atom. The molecule has 1 fully saturated rings. The van der Waals surface area contributed by atoms with E-state index < -0.39 is 0 Å². The molecular weight excluding hydrogens is 342 g/mol. The van der Waals surface area contributed by atoms with Crippen LogP contribution in [0.1, 0.15) is 49.6 Å². The first-order valence-electron chi connectivity index (χ1n) is 9.59. The maximum absolute atomic E-state index is 6.66. The molecule has 1 atom stereocenters. The number of thiophene rings is 1. The zero-order chi connectivity index (χ0) is 17.7. The van der Waals surface area contributed by atoms with E-state index in [4.69, 9.17) is 9.84 Å². The van der Waals surface area contributed by atoms with Crippen LogP contribution in [0.25, 0.3) is 0 Å². The minimum atomic E-state index is -0.302. The highest BCUT2D eigenvalue weighted by molar-refractivity contribution is 7.12. The summed E-state index contributed by atoms with van der Waals surface area (Å²) in [6, 6.07) is 13.7. The van der Waals surface area contributed by atoms with Crippen LogP contribution in [-0.4, -0.2) is 40.5 Å². The Balaban J connectivity index is 1.53. The summed E-state index contributed by atoms with van der Waals surface area (Å²) < 4.78 is 6.66. The fourth-order valence-electron chi connectivity index (χ4n) is 4.54. The van der Waals surface area contributed by atoms with Crippen LogP contribution in [0.3, 0.4) is 0 Å².